The Kier molecular flexibility index (Phi) is 6.87. The van der Waals surface area contributed by atoms with E-state index in [0.717, 1.165) is 25.2 Å². The third-order valence-electron chi connectivity index (χ3n) is 10.6. The number of allylic oxidation sites excluding steroid dienone is 1. The number of esters is 1. The summed E-state index contributed by atoms with van der Waals surface area (Å²) in [5, 5.41) is 22.6. The molecule has 0 aromatic heterocycles. The summed E-state index contributed by atoms with van der Waals surface area (Å²) in [5.41, 5.74) is -0.928. The van der Waals surface area contributed by atoms with Crippen LogP contribution >= 0.6 is 0 Å². The van der Waals surface area contributed by atoms with Gasteiger partial charge in [-0.2, -0.15) is 0 Å². The molecular weight excluding hydrogens is 428 g/mol. The van der Waals surface area contributed by atoms with Gasteiger partial charge in [0.15, 0.2) is 5.78 Å². The third kappa shape index (κ3) is 3.99. The van der Waals surface area contributed by atoms with Gasteiger partial charge in [-0.3, -0.25) is 9.59 Å². The molecule has 0 radical (unpaired) electrons. The van der Waals surface area contributed by atoms with Crippen LogP contribution in [-0.2, 0) is 14.3 Å². The molecule has 0 unspecified atom stereocenters. The highest BCUT2D eigenvalue weighted by atomic mass is 16.6. The monoisotopic (exact) mass is 474 g/mol. The fourth-order valence-electron chi connectivity index (χ4n) is 8.72. The van der Waals surface area contributed by atoms with E-state index in [4.69, 9.17) is 4.74 Å². The molecule has 0 spiro atoms. The zero-order valence-electron chi connectivity index (χ0n) is 22.1. The van der Waals surface area contributed by atoms with Gasteiger partial charge in [0.1, 0.15) is 11.7 Å². The molecule has 0 aromatic rings. The highest BCUT2D eigenvalue weighted by molar-refractivity contribution is 6.00. The molecular formula is C29H46O5. The van der Waals surface area contributed by atoms with E-state index in [1.54, 1.807) is 6.08 Å². The van der Waals surface area contributed by atoms with Gasteiger partial charge in [-0.25, -0.2) is 0 Å². The minimum Gasteiger partial charge on any atom is -0.460 e. The molecule has 2 N–H and O–H groups in total. The number of hydrogen-bond acceptors (Lipinski definition) is 5. The minimum atomic E-state index is -1.60. The maximum absolute atomic E-state index is 13.5. The lowest BCUT2D eigenvalue weighted by molar-refractivity contribution is -0.208. The van der Waals surface area contributed by atoms with E-state index in [1.165, 1.54) is 38.2 Å². The van der Waals surface area contributed by atoms with Crippen LogP contribution < -0.4 is 0 Å². The summed E-state index contributed by atoms with van der Waals surface area (Å²) in [6.07, 6.45) is 8.49. The Hall–Kier alpha value is -1.20. The van der Waals surface area contributed by atoms with Crippen LogP contribution in [0.1, 0.15) is 99.3 Å². The zero-order chi connectivity index (χ0) is 25.1. The molecule has 0 saturated heterocycles. The van der Waals surface area contributed by atoms with Crippen LogP contribution in [0.3, 0.4) is 0 Å². The lowest BCUT2D eigenvalue weighted by atomic mass is 9.45. The Morgan fingerprint density at radius 3 is 2.47 bits per heavy atom. The van der Waals surface area contributed by atoms with Crippen molar-refractivity contribution in [2.75, 3.05) is 0 Å². The smallest absolute Gasteiger partial charge is 0.302 e. The first-order valence-electron chi connectivity index (χ1n) is 13.7. The molecule has 9 atom stereocenters. The Bertz CT molecular complexity index is 847. The average Bonchev–Trinajstić information content (AvgIpc) is 3.08. The highest BCUT2D eigenvalue weighted by Gasteiger charge is 2.67. The van der Waals surface area contributed by atoms with Gasteiger partial charge in [-0.15, -0.1) is 0 Å². The second kappa shape index (κ2) is 9.03. The first-order valence-corrected chi connectivity index (χ1v) is 13.7. The van der Waals surface area contributed by atoms with E-state index in [-0.39, 0.29) is 30.0 Å². The standard InChI is InChI=1S/C29H46O5/c1-17(2)8-7-9-18(3)21-10-11-22-20-14-26(32)29(33)16-25(34-19(4)30)24(31)15-28(29,6)23(20)12-13-27(21,22)5/h14,17-18,21-25,31,33H,7-13,15-16H2,1-6H3/t18-,21-,22+,23+,24+,25-,27-,28-,29+/m1/s1. The average molecular weight is 475 g/mol. The third-order valence-corrected chi connectivity index (χ3v) is 10.6. The van der Waals surface area contributed by atoms with Crippen molar-refractivity contribution in [2.45, 2.75) is 117 Å². The number of ether oxygens (including phenoxy) is 1. The summed E-state index contributed by atoms with van der Waals surface area (Å²) >= 11 is 0. The van der Waals surface area contributed by atoms with E-state index >= 15 is 0 Å². The van der Waals surface area contributed by atoms with E-state index in [2.05, 4.69) is 27.7 Å². The molecule has 0 heterocycles. The predicted molar refractivity (Wildman–Crippen MR) is 132 cm³/mol. The first-order chi connectivity index (χ1) is 15.8. The fourth-order valence-corrected chi connectivity index (χ4v) is 8.72. The lowest BCUT2D eigenvalue weighted by Crippen LogP contribution is -2.67. The highest BCUT2D eigenvalue weighted by Crippen LogP contribution is 2.67. The van der Waals surface area contributed by atoms with Crippen molar-refractivity contribution in [3.8, 4) is 0 Å². The molecule has 0 aromatic carbocycles. The molecule has 0 bridgehead atoms. The van der Waals surface area contributed by atoms with Gasteiger partial charge in [-0.05, 0) is 73.2 Å². The van der Waals surface area contributed by atoms with Gasteiger partial charge in [0.25, 0.3) is 0 Å². The second-order valence-corrected chi connectivity index (χ2v) is 13.0. The minimum absolute atomic E-state index is 0.0270. The van der Waals surface area contributed by atoms with E-state index < -0.39 is 29.2 Å². The number of carbonyl (C=O) groups excluding carboxylic acids is 2. The summed E-state index contributed by atoms with van der Waals surface area (Å²) in [7, 11) is 0. The molecule has 5 heteroatoms. The van der Waals surface area contributed by atoms with Crippen LogP contribution in [0.15, 0.2) is 11.6 Å². The van der Waals surface area contributed by atoms with Gasteiger partial charge < -0.3 is 14.9 Å². The number of carbonyl (C=O) groups is 2. The van der Waals surface area contributed by atoms with E-state index in [0.29, 0.717) is 17.8 Å². The second-order valence-electron chi connectivity index (χ2n) is 13.0. The summed E-state index contributed by atoms with van der Waals surface area (Å²) in [6, 6.07) is 0. The molecule has 34 heavy (non-hydrogen) atoms. The molecule has 5 nitrogen and oxygen atoms in total. The maximum atomic E-state index is 13.5. The van der Waals surface area contributed by atoms with Gasteiger partial charge in [0.05, 0.1) is 6.10 Å². The Balaban J connectivity index is 1.59. The molecule has 4 aliphatic carbocycles. The topological polar surface area (TPSA) is 83.8 Å². The van der Waals surface area contributed by atoms with Crippen molar-refractivity contribution in [1.29, 1.82) is 0 Å². The Morgan fingerprint density at radius 2 is 1.82 bits per heavy atom. The Labute approximate surface area is 205 Å². The van der Waals surface area contributed by atoms with Crippen LogP contribution in [0, 0.1) is 40.4 Å². The van der Waals surface area contributed by atoms with Crippen LogP contribution in [0.2, 0.25) is 0 Å². The normalized spacial score (nSPS) is 44.7. The molecule has 4 rings (SSSR count). The number of ketones is 1. The van der Waals surface area contributed by atoms with Crippen molar-refractivity contribution < 1.29 is 24.5 Å². The van der Waals surface area contributed by atoms with Gasteiger partial charge in [-0.1, -0.05) is 59.5 Å². The summed E-state index contributed by atoms with van der Waals surface area (Å²) in [6.45, 7) is 12.8. The molecule has 192 valence electrons. The van der Waals surface area contributed by atoms with Crippen LogP contribution in [0.5, 0.6) is 0 Å². The molecule has 0 amide bonds. The van der Waals surface area contributed by atoms with Crippen molar-refractivity contribution in [2.24, 2.45) is 40.4 Å². The van der Waals surface area contributed by atoms with Crippen molar-refractivity contribution in [3.63, 3.8) is 0 Å². The van der Waals surface area contributed by atoms with E-state index in [9.17, 15) is 19.8 Å². The zero-order valence-corrected chi connectivity index (χ0v) is 22.1. The lowest BCUT2D eigenvalue weighted by Gasteiger charge is -2.60. The quantitative estimate of drug-likeness (QED) is 0.515. The largest absolute Gasteiger partial charge is 0.460 e. The van der Waals surface area contributed by atoms with Crippen molar-refractivity contribution >= 4 is 11.8 Å². The molecule has 0 aliphatic heterocycles. The van der Waals surface area contributed by atoms with Gasteiger partial charge >= 0.3 is 5.97 Å². The van der Waals surface area contributed by atoms with Crippen molar-refractivity contribution in [1.82, 2.24) is 0 Å². The van der Waals surface area contributed by atoms with Crippen LogP contribution in [0.25, 0.3) is 0 Å². The molecule has 3 fully saturated rings. The summed E-state index contributed by atoms with van der Waals surface area (Å²) in [4.78, 5) is 25.1. The number of aliphatic hydroxyl groups is 2. The van der Waals surface area contributed by atoms with Gasteiger partial charge in [0, 0.05) is 18.8 Å². The number of rotatable bonds is 6. The number of hydrogen-bond donors (Lipinski definition) is 2. The predicted octanol–water partition coefficient (Wildman–Crippen LogP) is 5.22. The summed E-state index contributed by atoms with van der Waals surface area (Å²) in [5.74, 6) is 1.79. The van der Waals surface area contributed by atoms with Crippen molar-refractivity contribution in [3.05, 3.63) is 11.6 Å². The molecule has 4 aliphatic rings. The van der Waals surface area contributed by atoms with Gasteiger partial charge in [0.2, 0.25) is 0 Å². The maximum Gasteiger partial charge on any atom is 0.302 e. The number of aliphatic hydroxyl groups excluding tert-OH is 1. The summed E-state index contributed by atoms with van der Waals surface area (Å²) < 4.78 is 5.30. The fraction of sp³-hybridized carbons (Fsp3) is 0.862. The molecule has 3 saturated carbocycles. The van der Waals surface area contributed by atoms with Crippen LogP contribution in [0.4, 0.5) is 0 Å². The first kappa shape index (κ1) is 25.9. The number of fused-ring (bicyclic) bond motifs is 5. The Morgan fingerprint density at radius 1 is 1.12 bits per heavy atom. The van der Waals surface area contributed by atoms with Crippen LogP contribution in [-0.4, -0.2) is 39.8 Å². The van der Waals surface area contributed by atoms with E-state index in [1.807, 2.05) is 6.92 Å². The SMILES string of the molecule is CC(=O)O[C@@H]1C[C@]2(O)C(=O)C=C3[C@@H]4CC[C@H]([C@H](C)CCCC(C)C)[C@@]4(C)CC[C@@H]3[C@@]2(C)C[C@@H]1O.